The van der Waals surface area contributed by atoms with Gasteiger partial charge in [-0.3, -0.25) is 4.90 Å². The van der Waals surface area contributed by atoms with E-state index in [4.69, 9.17) is 5.73 Å². The zero-order chi connectivity index (χ0) is 14.4. The van der Waals surface area contributed by atoms with Crippen molar-refractivity contribution in [2.75, 3.05) is 25.6 Å². The summed E-state index contributed by atoms with van der Waals surface area (Å²) in [5, 5.41) is 0. The number of likely N-dealkylation sites (N-methyl/N-ethyl adjacent to an activating group) is 1. The first kappa shape index (κ1) is 16.5. The van der Waals surface area contributed by atoms with Gasteiger partial charge in [0.1, 0.15) is 5.82 Å². The third-order valence-electron chi connectivity index (χ3n) is 3.73. The van der Waals surface area contributed by atoms with Crippen LogP contribution in [0.3, 0.4) is 0 Å². The second kappa shape index (κ2) is 7.88. The average Bonchev–Trinajstić information content (AvgIpc) is 2.40. The lowest BCUT2D eigenvalue weighted by Gasteiger charge is -2.33. The summed E-state index contributed by atoms with van der Waals surface area (Å²) in [5.74, 6) is 0.978. The molecule has 0 spiro atoms. The number of nitrogens with two attached hydrogens (primary N) is 1. The first-order valence-corrected chi connectivity index (χ1v) is 8.07. The molecule has 0 aromatic heterocycles. The molecule has 0 aliphatic heterocycles. The van der Waals surface area contributed by atoms with Gasteiger partial charge in [0.25, 0.3) is 0 Å². The van der Waals surface area contributed by atoms with Crippen LogP contribution in [0.4, 0.5) is 4.39 Å². The average molecular weight is 284 g/mol. The van der Waals surface area contributed by atoms with Crippen LogP contribution in [0.2, 0.25) is 0 Å². The van der Waals surface area contributed by atoms with Crippen molar-refractivity contribution in [1.82, 2.24) is 4.90 Å². The van der Waals surface area contributed by atoms with Gasteiger partial charge in [-0.2, -0.15) is 11.8 Å². The Balaban J connectivity index is 2.83. The Labute approximate surface area is 120 Å². The molecule has 0 saturated carbocycles. The summed E-state index contributed by atoms with van der Waals surface area (Å²) in [6.45, 7) is 4.48. The lowest BCUT2D eigenvalue weighted by Crippen LogP contribution is -2.37. The van der Waals surface area contributed by atoms with Crippen LogP contribution in [-0.2, 0) is 0 Å². The van der Waals surface area contributed by atoms with Crippen LogP contribution < -0.4 is 5.73 Å². The van der Waals surface area contributed by atoms with Gasteiger partial charge in [0, 0.05) is 18.6 Å². The summed E-state index contributed by atoms with van der Waals surface area (Å²) < 4.78 is 13.7. The van der Waals surface area contributed by atoms with Crippen LogP contribution in [0.25, 0.3) is 0 Å². The Morgan fingerprint density at radius 2 is 2.11 bits per heavy atom. The molecule has 4 heteroatoms. The van der Waals surface area contributed by atoms with Crippen LogP contribution in [0.5, 0.6) is 0 Å². The zero-order valence-electron chi connectivity index (χ0n) is 12.3. The fourth-order valence-corrected chi connectivity index (χ4v) is 2.73. The molecule has 19 heavy (non-hydrogen) atoms. The monoisotopic (exact) mass is 284 g/mol. The van der Waals surface area contributed by atoms with E-state index in [1.165, 1.54) is 0 Å². The van der Waals surface area contributed by atoms with Crippen molar-refractivity contribution in [2.45, 2.75) is 32.4 Å². The number of aryl methyl sites for hydroxylation is 1. The number of halogens is 1. The van der Waals surface area contributed by atoms with Crippen molar-refractivity contribution in [3.05, 3.63) is 35.1 Å². The van der Waals surface area contributed by atoms with E-state index in [2.05, 4.69) is 25.1 Å². The fraction of sp³-hybridized carbons (Fsp3) is 0.600. The van der Waals surface area contributed by atoms with Crippen LogP contribution in [-0.4, -0.2) is 36.5 Å². The standard InChI is InChI=1S/C15H25FN2S/c1-11-5-6-13(9-14(11)16)15(10-17)18(3)12(2)7-8-19-4/h5-6,9,12,15H,7-8,10,17H2,1-4H3. The minimum atomic E-state index is -0.152. The number of thioether (sulfide) groups is 1. The van der Waals surface area contributed by atoms with Crippen molar-refractivity contribution in [3.63, 3.8) is 0 Å². The first-order chi connectivity index (χ1) is 9.01. The van der Waals surface area contributed by atoms with Gasteiger partial charge in [0.2, 0.25) is 0 Å². The molecule has 2 nitrogen and oxygen atoms in total. The quantitative estimate of drug-likeness (QED) is 0.833. The topological polar surface area (TPSA) is 29.3 Å². The summed E-state index contributed by atoms with van der Waals surface area (Å²) in [4.78, 5) is 2.25. The minimum Gasteiger partial charge on any atom is -0.329 e. The van der Waals surface area contributed by atoms with Gasteiger partial charge >= 0.3 is 0 Å². The van der Waals surface area contributed by atoms with Gasteiger partial charge < -0.3 is 5.73 Å². The van der Waals surface area contributed by atoms with Crippen LogP contribution in [0.15, 0.2) is 18.2 Å². The van der Waals surface area contributed by atoms with Crippen molar-refractivity contribution in [2.24, 2.45) is 5.73 Å². The summed E-state index contributed by atoms with van der Waals surface area (Å²) in [7, 11) is 2.07. The van der Waals surface area contributed by atoms with Crippen LogP contribution in [0, 0.1) is 12.7 Å². The van der Waals surface area contributed by atoms with Gasteiger partial charge in [0.15, 0.2) is 0 Å². The number of rotatable bonds is 7. The SMILES string of the molecule is CSCCC(C)N(C)C(CN)c1ccc(C)c(F)c1. The molecule has 2 atom stereocenters. The molecule has 0 radical (unpaired) electrons. The summed E-state index contributed by atoms with van der Waals surface area (Å²) in [6.07, 6.45) is 3.23. The van der Waals surface area contributed by atoms with Gasteiger partial charge in [0.05, 0.1) is 0 Å². The van der Waals surface area contributed by atoms with Crippen molar-refractivity contribution < 1.29 is 4.39 Å². The number of hydrogen-bond acceptors (Lipinski definition) is 3. The van der Waals surface area contributed by atoms with Gasteiger partial charge in [-0.25, -0.2) is 4.39 Å². The normalized spacial score (nSPS) is 14.7. The maximum atomic E-state index is 13.7. The molecule has 0 saturated heterocycles. The fourth-order valence-electron chi connectivity index (χ4n) is 2.15. The largest absolute Gasteiger partial charge is 0.329 e. The molecule has 2 N–H and O–H groups in total. The van der Waals surface area contributed by atoms with E-state index >= 15 is 0 Å². The Bertz CT molecular complexity index is 398. The van der Waals surface area contributed by atoms with Gasteiger partial charge in [-0.1, -0.05) is 12.1 Å². The maximum absolute atomic E-state index is 13.7. The molecular formula is C15H25FN2S. The van der Waals surface area contributed by atoms with Crippen molar-refractivity contribution in [1.29, 1.82) is 0 Å². The second-order valence-corrected chi connectivity index (χ2v) is 6.04. The summed E-state index contributed by atoms with van der Waals surface area (Å²) >= 11 is 1.85. The second-order valence-electron chi connectivity index (χ2n) is 5.06. The van der Waals surface area contributed by atoms with Crippen LogP contribution >= 0.6 is 11.8 Å². The summed E-state index contributed by atoms with van der Waals surface area (Å²) in [5.41, 5.74) is 7.53. The van der Waals surface area contributed by atoms with E-state index in [1.807, 2.05) is 23.9 Å². The smallest absolute Gasteiger partial charge is 0.126 e. The van der Waals surface area contributed by atoms with E-state index in [0.29, 0.717) is 18.2 Å². The Morgan fingerprint density at radius 1 is 1.42 bits per heavy atom. The number of hydrogen-bond donors (Lipinski definition) is 1. The van der Waals surface area contributed by atoms with E-state index in [0.717, 1.165) is 17.7 Å². The highest BCUT2D eigenvalue weighted by molar-refractivity contribution is 7.98. The molecule has 0 amide bonds. The molecule has 108 valence electrons. The molecule has 0 aliphatic rings. The lowest BCUT2D eigenvalue weighted by atomic mass is 10.0. The van der Waals surface area contributed by atoms with Crippen molar-refractivity contribution in [3.8, 4) is 0 Å². The van der Waals surface area contributed by atoms with E-state index in [9.17, 15) is 4.39 Å². The van der Waals surface area contributed by atoms with Gasteiger partial charge in [-0.15, -0.1) is 0 Å². The summed E-state index contributed by atoms with van der Waals surface area (Å²) in [6, 6.07) is 5.93. The predicted molar refractivity (Wildman–Crippen MR) is 83.2 cm³/mol. The highest BCUT2D eigenvalue weighted by Gasteiger charge is 2.20. The molecular weight excluding hydrogens is 259 g/mol. The number of nitrogens with zero attached hydrogens (tertiary/aromatic N) is 1. The maximum Gasteiger partial charge on any atom is 0.126 e. The molecule has 1 aromatic rings. The molecule has 0 heterocycles. The van der Waals surface area contributed by atoms with E-state index in [-0.39, 0.29) is 11.9 Å². The number of benzene rings is 1. The lowest BCUT2D eigenvalue weighted by molar-refractivity contribution is 0.185. The molecule has 1 aromatic carbocycles. The van der Waals surface area contributed by atoms with E-state index < -0.39 is 0 Å². The molecule has 0 bridgehead atoms. The zero-order valence-corrected chi connectivity index (χ0v) is 13.1. The highest BCUT2D eigenvalue weighted by atomic mass is 32.2. The molecule has 0 fully saturated rings. The predicted octanol–water partition coefficient (Wildman–Crippen LogP) is 3.21. The minimum absolute atomic E-state index is 0.0759. The van der Waals surface area contributed by atoms with Gasteiger partial charge in [-0.05, 0) is 56.5 Å². The third kappa shape index (κ3) is 4.48. The first-order valence-electron chi connectivity index (χ1n) is 6.68. The van der Waals surface area contributed by atoms with Crippen LogP contribution in [0.1, 0.15) is 30.5 Å². The Morgan fingerprint density at radius 3 is 2.63 bits per heavy atom. The highest BCUT2D eigenvalue weighted by Crippen LogP contribution is 2.23. The Hall–Kier alpha value is -0.580. The molecule has 0 aliphatic carbocycles. The molecule has 2 unspecified atom stereocenters. The van der Waals surface area contributed by atoms with E-state index in [1.54, 1.807) is 13.0 Å². The molecule has 1 rings (SSSR count). The third-order valence-corrected chi connectivity index (χ3v) is 4.37. The Kier molecular flexibility index (Phi) is 6.83. The van der Waals surface area contributed by atoms with Crippen molar-refractivity contribution >= 4 is 11.8 Å².